The summed E-state index contributed by atoms with van der Waals surface area (Å²) in [5.74, 6) is 5.15. The van der Waals surface area contributed by atoms with Crippen LogP contribution in [0.3, 0.4) is 0 Å². The average molecular weight is 697 g/mol. The molecule has 0 saturated heterocycles. The average Bonchev–Trinajstić information content (AvgIpc) is 3.44. The zero-order valence-electron chi connectivity index (χ0n) is 28.4. The lowest BCUT2D eigenvalue weighted by atomic mass is 9.58. The largest absolute Gasteiger partial charge is 0.477 e. The maximum Gasteiger partial charge on any atom is 0.351 e. The zero-order chi connectivity index (χ0) is 35.9. The number of hydrazine groups is 1. The van der Waals surface area contributed by atoms with Crippen LogP contribution in [0, 0.1) is 5.41 Å². The topological polar surface area (TPSA) is 208 Å². The summed E-state index contributed by atoms with van der Waals surface area (Å²) in [4.78, 5) is 27.3. The number of nitrogens with zero attached hydrogens (tertiary/aromatic N) is 6. The van der Waals surface area contributed by atoms with E-state index in [1.807, 2.05) is 9.80 Å². The van der Waals surface area contributed by atoms with Crippen LogP contribution in [0.2, 0.25) is 0 Å². The molecule has 0 bridgehead atoms. The van der Waals surface area contributed by atoms with Crippen molar-refractivity contribution in [2.75, 3.05) is 25.0 Å². The SMILES string of the molecule is CC(=O)N1CCc2c(c(N3CCCc4cc(/C(N)=N/N(C)N)c(C(F)F)cc43)nn2C2CCC3(CC2)CC(O/C(N)=C/C=C(\N)C(=O)O)C3)C1. The first kappa shape index (κ1) is 35.0. The lowest BCUT2D eigenvalue weighted by molar-refractivity contribution is -0.132. The molecule has 1 aromatic heterocycles. The number of aryl methyl sites for hydroxylation is 1. The monoisotopic (exact) mass is 696 g/mol. The van der Waals surface area contributed by atoms with Gasteiger partial charge in [0.25, 0.3) is 6.43 Å². The Hall–Kier alpha value is -4.86. The standard InChI is InChI=1S/C34H46F2N10O4/c1-19(47)44-13-9-27-25(18-44)32(45-12-3-4-20-14-24(31(39)41-43(2)40)23(30(35)36)15-28(20)45)42-46(27)21-7-10-34(11-8-21)16-22(17-34)50-29(38)6-5-26(37)33(48)49/h5-6,14-15,21-22,30H,3-4,7-13,16-18,37-38,40H2,1-2H3,(H2,39,41)(H,48,49)/b26-5-,29-6+. The van der Waals surface area contributed by atoms with E-state index in [0.717, 1.165) is 66.9 Å². The quantitative estimate of drug-likeness (QED) is 0.0489. The van der Waals surface area contributed by atoms with Gasteiger partial charge in [0.15, 0.2) is 17.5 Å². The molecule has 9 N–H and O–H groups in total. The number of nitrogens with two attached hydrogens (primary N) is 4. The second-order valence-electron chi connectivity index (χ2n) is 13.9. The van der Waals surface area contributed by atoms with Crippen molar-refractivity contribution in [1.82, 2.24) is 19.8 Å². The van der Waals surface area contributed by atoms with Gasteiger partial charge in [0.05, 0.1) is 12.6 Å². The number of carbonyl (C=O) groups is 2. The molecule has 4 aliphatic rings. The van der Waals surface area contributed by atoms with Crippen LogP contribution in [-0.2, 0) is 33.7 Å². The Bertz CT molecular complexity index is 1740. The first-order valence-electron chi connectivity index (χ1n) is 17.0. The van der Waals surface area contributed by atoms with E-state index < -0.39 is 12.4 Å². The Morgan fingerprint density at radius 3 is 2.50 bits per heavy atom. The van der Waals surface area contributed by atoms with Crippen molar-refractivity contribution >= 4 is 29.2 Å². The molecular weight excluding hydrogens is 650 g/mol. The number of anilines is 2. The van der Waals surface area contributed by atoms with Gasteiger partial charge in [0.1, 0.15) is 11.8 Å². The zero-order valence-corrected chi connectivity index (χ0v) is 28.4. The number of hydrogen-bond donors (Lipinski definition) is 5. The van der Waals surface area contributed by atoms with Crippen LogP contribution < -0.4 is 27.9 Å². The molecule has 0 radical (unpaired) electrons. The van der Waals surface area contributed by atoms with Gasteiger partial charge in [0, 0.05) is 61.6 Å². The number of hydrogen-bond acceptors (Lipinski definition) is 10. The van der Waals surface area contributed by atoms with Crippen LogP contribution in [-0.4, -0.2) is 68.9 Å². The molecule has 270 valence electrons. The summed E-state index contributed by atoms with van der Waals surface area (Å²) in [6.45, 7) is 3.16. The number of carboxylic acids is 1. The van der Waals surface area contributed by atoms with Gasteiger partial charge in [-0.25, -0.2) is 24.5 Å². The second-order valence-corrected chi connectivity index (χ2v) is 13.9. The minimum absolute atomic E-state index is 0.0177. The number of hydrazone groups is 1. The number of benzene rings is 1. The van der Waals surface area contributed by atoms with Crippen molar-refractivity contribution in [3.8, 4) is 0 Å². The summed E-state index contributed by atoms with van der Waals surface area (Å²) >= 11 is 0. The molecule has 2 aromatic rings. The number of alkyl halides is 2. The molecule has 3 heterocycles. The number of allylic oxidation sites excluding steroid dienone is 2. The number of aliphatic carboxylic acids is 1. The summed E-state index contributed by atoms with van der Waals surface area (Å²) in [7, 11) is 1.47. The van der Waals surface area contributed by atoms with Crippen LogP contribution in [0.1, 0.15) is 92.3 Å². The number of amidine groups is 1. The molecule has 1 spiro atoms. The van der Waals surface area contributed by atoms with Gasteiger partial charge in [-0.1, -0.05) is 0 Å². The van der Waals surface area contributed by atoms with E-state index in [1.165, 1.54) is 25.3 Å². The highest BCUT2D eigenvalue weighted by Gasteiger charge is 2.48. The van der Waals surface area contributed by atoms with E-state index in [1.54, 1.807) is 13.0 Å². The molecule has 50 heavy (non-hydrogen) atoms. The van der Waals surface area contributed by atoms with Crippen LogP contribution in [0.4, 0.5) is 20.3 Å². The fourth-order valence-corrected chi connectivity index (χ4v) is 8.04. The molecule has 2 saturated carbocycles. The number of halogens is 2. The van der Waals surface area contributed by atoms with Crippen molar-refractivity contribution in [3.63, 3.8) is 0 Å². The van der Waals surface area contributed by atoms with Crippen LogP contribution >= 0.6 is 0 Å². The molecular formula is C34H46F2N10O4. The molecule has 0 atom stereocenters. The molecule has 1 aromatic carbocycles. The maximum absolute atomic E-state index is 14.5. The van der Waals surface area contributed by atoms with Gasteiger partial charge in [-0.2, -0.15) is 5.10 Å². The molecule has 6 rings (SSSR count). The Balaban J connectivity index is 1.25. The molecule has 1 amide bonds. The number of amides is 1. The Kier molecular flexibility index (Phi) is 9.66. The van der Waals surface area contributed by atoms with Gasteiger partial charge < -0.3 is 36.8 Å². The Morgan fingerprint density at radius 1 is 1.14 bits per heavy atom. The summed E-state index contributed by atoms with van der Waals surface area (Å²) in [6, 6.07) is 3.36. The van der Waals surface area contributed by atoms with E-state index in [9.17, 15) is 18.4 Å². The van der Waals surface area contributed by atoms with E-state index in [4.69, 9.17) is 38.0 Å². The van der Waals surface area contributed by atoms with Crippen molar-refractivity contribution in [2.24, 2.45) is 33.6 Å². The summed E-state index contributed by atoms with van der Waals surface area (Å²) in [6.07, 6.45) is 7.42. The van der Waals surface area contributed by atoms with Crippen molar-refractivity contribution in [1.29, 1.82) is 0 Å². The number of fused-ring (bicyclic) bond motifs is 2. The van der Waals surface area contributed by atoms with Gasteiger partial charge in [-0.15, -0.1) is 5.10 Å². The third kappa shape index (κ3) is 6.93. The summed E-state index contributed by atoms with van der Waals surface area (Å²) in [5, 5.41) is 19.1. The van der Waals surface area contributed by atoms with Gasteiger partial charge in [0.2, 0.25) is 5.91 Å². The van der Waals surface area contributed by atoms with E-state index in [0.29, 0.717) is 44.0 Å². The first-order chi connectivity index (χ1) is 23.7. The molecule has 2 fully saturated rings. The predicted octanol–water partition coefficient (Wildman–Crippen LogP) is 3.24. The first-order valence-corrected chi connectivity index (χ1v) is 17.0. The third-order valence-corrected chi connectivity index (χ3v) is 10.6. The molecule has 16 heteroatoms. The fraction of sp³-hybridized carbons (Fsp3) is 0.529. The highest BCUT2D eigenvalue weighted by molar-refractivity contribution is 5.99. The predicted molar refractivity (Wildman–Crippen MR) is 183 cm³/mol. The van der Waals surface area contributed by atoms with Gasteiger partial charge >= 0.3 is 5.97 Å². The Labute approximate surface area is 289 Å². The molecule has 2 aliphatic heterocycles. The van der Waals surface area contributed by atoms with Crippen molar-refractivity contribution < 1.29 is 28.2 Å². The van der Waals surface area contributed by atoms with Crippen molar-refractivity contribution in [3.05, 3.63) is 63.8 Å². The van der Waals surface area contributed by atoms with E-state index >= 15 is 0 Å². The summed E-state index contributed by atoms with van der Waals surface area (Å²) < 4.78 is 36.9. The van der Waals surface area contributed by atoms with Crippen LogP contribution in [0.25, 0.3) is 0 Å². The Morgan fingerprint density at radius 2 is 1.86 bits per heavy atom. The van der Waals surface area contributed by atoms with E-state index in [-0.39, 0.29) is 52.0 Å². The minimum Gasteiger partial charge on any atom is -0.477 e. The number of aromatic nitrogens is 2. The highest BCUT2D eigenvalue weighted by Crippen LogP contribution is 2.55. The fourth-order valence-electron chi connectivity index (χ4n) is 8.04. The van der Waals surface area contributed by atoms with E-state index in [2.05, 4.69) is 9.78 Å². The number of rotatable bonds is 9. The van der Waals surface area contributed by atoms with Crippen LogP contribution in [0.5, 0.6) is 0 Å². The van der Waals surface area contributed by atoms with Crippen LogP contribution in [0.15, 0.2) is 41.0 Å². The normalized spacial score (nSPS) is 24.2. The van der Waals surface area contributed by atoms with Gasteiger partial charge in [-0.3, -0.25) is 9.48 Å². The number of carbonyl (C=O) groups excluding carboxylic acids is 1. The molecule has 14 nitrogen and oxygen atoms in total. The lowest BCUT2D eigenvalue weighted by Gasteiger charge is -2.51. The lowest BCUT2D eigenvalue weighted by Crippen LogP contribution is -2.45. The highest BCUT2D eigenvalue weighted by atomic mass is 19.3. The summed E-state index contributed by atoms with van der Waals surface area (Å²) in [5.41, 5.74) is 20.8. The maximum atomic E-state index is 14.5. The second kappa shape index (κ2) is 13.8. The minimum atomic E-state index is -2.79. The number of ether oxygens (including phenoxy) is 1. The van der Waals surface area contributed by atoms with Gasteiger partial charge in [-0.05, 0) is 86.6 Å². The number of carboxylic acid groups (broad SMARTS) is 1. The smallest absolute Gasteiger partial charge is 0.351 e. The molecule has 2 aliphatic carbocycles. The third-order valence-electron chi connectivity index (χ3n) is 10.6. The molecule has 0 unspecified atom stereocenters. The van der Waals surface area contributed by atoms with Crippen molar-refractivity contribution in [2.45, 2.75) is 89.8 Å².